The molecule has 0 spiro atoms. The van der Waals surface area contributed by atoms with Crippen molar-refractivity contribution in [2.75, 3.05) is 6.61 Å². The van der Waals surface area contributed by atoms with Gasteiger partial charge < -0.3 is 32.8 Å². The van der Waals surface area contributed by atoms with E-state index in [1.54, 1.807) is 48.5 Å². The number of benzene rings is 5. The normalized spacial score (nSPS) is 20.1. The third-order valence-corrected chi connectivity index (χ3v) is 14.7. The van der Waals surface area contributed by atoms with Crippen LogP contribution in [0.4, 0.5) is 0 Å². The van der Waals surface area contributed by atoms with Crippen LogP contribution in [0, 0.1) is 0 Å². The lowest BCUT2D eigenvalue weighted by Crippen LogP contribution is -2.63. The Morgan fingerprint density at radius 3 is 1.51 bits per heavy atom. The van der Waals surface area contributed by atoms with Gasteiger partial charge in [0.2, 0.25) is 6.29 Å². The number of ether oxygens (including phenoxy) is 6. The van der Waals surface area contributed by atoms with Crippen LogP contribution in [0.15, 0.2) is 146 Å². The highest BCUT2D eigenvalue weighted by Crippen LogP contribution is 2.38. The molecule has 9 heteroatoms. The third kappa shape index (κ3) is 11.2. The Bertz CT molecular complexity index is 1880. The van der Waals surface area contributed by atoms with E-state index in [1.807, 2.05) is 97.1 Å². The quantitative estimate of drug-likeness (QED) is 0.0559. The highest BCUT2D eigenvalue weighted by molar-refractivity contribution is 6.74. The van der Waals surface area contributed by atoms with Gasteiger partial charge in [-0.2, -0.15) is 0 Å². The molecule has 1 fully saturated rings. The van der Waals surface area contributed by atoms with Crippen LogP contribution in [0.3, 0.4) is 0 Å². The average Bonchev–Trinajstić information content (AvgIpc) is 3.20. The van der Waals surface area contributed by atoms with Gasteiger partial charge in [0.1, 0.15) is 35.9 Å². The van der Waals surface area contributed by atoms with Crippen molar-refractivity contribution in [3.05, 3.63) is 168 Å². The van der Waals surface area contributed by atoms with Gasteiger partial charge in [-0.1, -0.05) is 130 Å². The van der Waals surface area contributed by atoms with Gasteiger partial charge in [0, 0.05) is 0 Å². The van der Waals surface area contributed by atoms with Crippen LogP contribution in [0.1, 0.15) is 47.8 Å². The van der Waals surface area contributed by atoms with Crippen molar-refractivity contribution in [2.45, 2.75) is 89.4 Å². The summed E-state index contributed by atoms with van der Waals surface area (Å²) in [6.45, 7) is 12.4. The number of rotatable bonds is 16. The van der Waals surface area contributed by atoms with Crippen molar-refractivity contribution in [1.29, 1.82) is 0 Å². The minimum atomic E-state index is -2.21. The van der Waals surface area contributed by atoms with Crippen LogP contribution in [0.5, 0.6) is 11.5 Å². The maximum atomic E-state index is 12.7. The molecule has 1 aliphatic rings. The van der Waals surface area contributed by atoms with E-state index in [-0.39, 0.29) is 11.6 Å². The van der Waals surface area contributed by atoms with Gasteiger partial charge in [-0.05, 0) is 71.2 Å². The Balaban J connectivity index is 1.32. The van der Waals surface area contributed by atoms with Gasteiger partial charge in [0.05, 0.1) is 32.0 Å². The van der Waals surface area contributed by atoms with Crippen molar-refractivity contribution in [1.82, 2.24) is 0 Å². The van der Waals surface area contributed by atoms with Crippen molar-refractivity contribution in [3.8, 4) is 11.5 Å². The van der Waals surface area contributed by atoms with Crippen LogP contribution >= 0.6 is 0 Å². The van der Waals surface area contributed by atoms with E-state index in [1.165, 1.54) is 0 Å². The van der Waals surface area contributed by atoms with Crippen LogP contribution < -0.4 is 9.47 Å². The maximum Gasteiger partial charge on any atom is 0.343 e. The maximum absolute atomic E-state index is 12.7. The molecule has 1 aliphatic heterocycles. The van der Waals surface area contributed by atoms with Crippen molar-refractivity contribution in [3.63, 3.8) is 0 Å². The molecule has 0 N–H and O–H groups in total. The second-order valence-corrected chi connectivity index (χ2v) is 20.1. The Morgan fingerprint density at radius 1 is 0.582 bits per heavy atom. The number of carbonyl (C=O) groups is 1. The molecule has 5 aromatic carbocycles. The molecule has 1 saturated heterocycles. The molecule has 55 heavy (non-hydrogen) atoms. The standard InChI is InChI=1S/C46H52O8Si/c1-46(2,3)55(4,5)51-33-40-41(48-30-34-18-10-6-11-19-34)42(49-31-35-20-12-7-13-21-35)43(50-32-36-22-14-8-15-23-36)45(54-40)53-39-28-26-38(27-29-39)52-44(47)37-24-16-9-17-25-37/h6-29,40-43,45H,30-33H2,1-5H3/t40-,41-,42+,43-,45-/m1/s1. The van der Waals surface area contributed by atoms with E-state index in [0.717, 1.165) is 16.7 Å². The van der Waals surface area contributed by atoms with Crippen LogP contribution in [0.25, 0.3) is 0 Å². The third-order valence-electron chi connectivity index (χ3n) is 10.2. The summed E-state index contributed by atoms with van der Waals surface area (Å²) >= 11 is 0. The number of hydrogen-bond acceptors (Lipinski definition) is 8. The summed E-state index contributed by atoms with van der Waals surface area (Å²) < 4.78 is 46.4. The Labute approximate surface area is 326 Å². The molecule has 6 rings (SSSR count). The van der Waals surface area contributed by atoms with E-state index in [4.69, 9.17) is 32.8 Å². The zero-order valence-electron chi connectivity index (χ0n) is 32.3. The van der Waals surface area contributed by atoms with Crippen LogP contribution in [-0.4, -0.2) is 51.6 Å². The molecule has 1 heterocycles. The molecule has 0 saturated carbocycles. The summed E-state index contributed by atoms with van der Waals surface area (Å²) in [5.41, 5.74) is 3.51. The highest BCUT2D eigenvalue weighted by Gasteiger charge is 2.50. The monoisotopic (exact) mass is 760 g/mol. The van der Waals surface area contributed by atoms with E-state index >= 15 is 0 Å². The molecule has 0 aliphatic carbocycles. The lowest BCUT2D eigenvalue weighted by molar-refractivity contribution is -0.307. The lowest BCUT2D eigenvalue weighted by atomic mass is 9.97. The first-order chi connectivity index (χ1) is 26.6. The van der Waals surface area contributed by atoms with Crippen molar-refractivity contribution >= 4 is 14.3 Å². The minimum Gasteiger partial charge on any atom is -0.462 e. The van der Waals surface area contributed by atoms with E-state index < -0.39 is 45.0 Å². The SMILES string of the molecule is CC(C)(C)[Si](C)(C)OC[C@H]1O[C@@H](Oc2ccc(OC(=O)c3ccccc3)cc2)[C@H](OCc2ccccc2)[C@@H](OCc2ccccc2)[C@@H]1OCc1ccccc1. The average molecular weight is 761 g/mol. The first-order valence-corrected chi connectivity index (χ1v) is 21.8. The van der Waals surface area contributed by atoms with E-state index in [9.17, 15) is 4.79 Å². The number of esters is 1. The number of hydrogen-bond donors (Lipinski definition) is 0. The molecule has 5 atom stereocenters. The van der Waals surface area contributed by atoms with E-state index in [2.05, 4.69) is 33.9 Å². The molecular weight excluding hydrogens is 709 g/mol. The van der Waals surface area contributed by atoms with Crippen molar-refractivity contribution < 1.29 is 37.6 Å². The predicted molar refractivity (Wildman–Crippen MR) is 215 cm³/mol. The van der Waals surface area contributed by atoms with Gasteiger partial charge in [0.15, 0.2) is 8.32 Å². The lowest BCUT2D eigenvalue weighted by Gasteiger charge is -2.47. The zero-order chi connectivity index (χ0) is 38.7. The summed E-state index contributed by atoms with van der Waals surface area (Å²) in [7, 11) is -2.21. The fourth-order valence-corrected chi connectivity index (χ4v) is 6.96. The summed E-state index contributed by atoms with van der Waals surface area (Å²) in [4.78, 5) is 12.7. The summed E-state index contributed by atoms with van der Waals surface area (Å²) in [5.74, 6) is 0.456. The van der Waals surface area contributed by atoms with Gasteiger partial charge in [-0.15, -0.1) is 0 Å². The fourth-order valence-electron chi connectivity index (χ4n) is 5.94. The summed E-state index contributed by atoms with van der Waals surface area (Å²) in [5, 5.41) is -0.0196. The topological polar surface area (TPSA) is 81.7 Å². The Hall–Kier alpha value is -4.61. The van der Waals surface area contributed by atoms with Gasteiger partial charge in [0.25, 0.3) is 0 Å². The molecule has 5 aromatic rings. The molecule has 0 unspecified atom stereocenters. The summed E-state index contributed by atoms with van der Waals surface area (Å²) in [6.07, 6.45) is -3.39. The predicted octanol–water partition coefficient (Wildman–Crippen LogP) is 9.79. The summed E-state index contributed by atoms with van der Waals surface area (Å²) in [6, 6.07) is 45.9. The largest absolute Gasteiger partial charge is 0.462 e. The second kappa shape index (κ2) is 18.8. The zero-order valence-corrected chi connectivity index (χ0v) is 33.3. The Morgan fingerprint density at radius 2 is 1.02 bits per heavy atom. The van der Waals surface area contributed by atoms with Gasteiger partial charge >= 0.3 is 5.97 Å². The molecule has 0 aromatic heterocycles. The van der Waals surface area contributed by atoms with Gasteiger partial charge in [-0.3, -0.25) is 0 Å². The van der Waals surface area contributed by atoms with Crippen LogP contribution in [-0.2, 0) is 43.2 Å². The fraction of sp³-hybridized carbons (Fsp3) is 0.326. The second-order valence-electron chi connectivity index (χ2n) is 15.2. The van der Waals surface area contributed by atoms with Crippen molar-refractivity contribution in [2.24, 2.45) is 0 Å². The molecular formula is C46H52O8Si. The van der Waals surface area contributed by atoms with Gasteiger partial charge in [-0.25, -0.2) is 4.79 Å². The molecule has 0 radical (unpaired) electrons. The highest BCUT2D eigenvalue weighted by atomic mass is 28.4. The van der Waals surface area contributed by atoms with Crippen LogP contribution in [0.2, 0.25) is 18.1 Å². The molecule has 0 bridgehead atoms. The smallest absolute Gasteiger partial charge is 0.343 e. The van der Waals surface area contributed by atoms with E-state index in [0.29, 0.717) is 36.9 Å². The Kier molecular flexibility index (Phi) is 13.7. The molecule has 8 nitrogen and oxygen atoms in total. The first-order valence-electron chi connectivity index (χ1n) is 18.9. The number of carbonyl (C=O) groups excluding carboxylic acids is 1. The molecule has 288 valence electrons. The first kappa shape index (κ1) is 40.1. The minimum absolute atomic E-state index is 0.0196. The molecule has 0 amide bonds.